The van der Waals surface area contributed by atoms with E-state index in [1.807, 2.05) is 11.3 Å². The van der Waals surface area contributed by atoms with Crippen molar-refractivity contribution in [2.24, 2.45) is 0 Å². The van der Waals surface area contributed by atoms with E-state index in [-0.39, 0.29) is 0 Å². The van der Waals surface area contributed by atoms with Crippen LogP contribution in [0.25, 0.3) is 10.1 Å². The first-order chi connectivity index (χ1) is 8.75. The fraction of sp³-hybridized carbons (Fsp3) is 0.467. The average molecular weight is 261 g/mol. The van der Waals surface area contributed by atoms with E-state index in [2.05, 4.69) is 43.4 Å². The van der Waals surface area contributed by atoms with Crippen LogP contribution in [0, 0.1) is 6.92 Å². The maximum absolute atomic E-state index is 5.42. The second-order valence-corrected chi connectivity index (χ2v) is 6.12. The highest BCUT2D eigenvalue weighted by Gasteiger charge is 2.20. The minimum Gasteiger partial charge on any atom is -0.380 e. The lowest BCUT2D eigenvalue weighted by Crippen LogP contribution is -2.31. The highest BCUT2D eigenvalue weighted by molar-refractivity contribution is 7.19. The number of fused-ring (bicyclic) bond motifs is 1. The van der Waals surface area contributed by atoms with Gasteiger partial charge in [0.2, 0.25) is 0 Å². The standard InChI is InChI=1S/C15H19NOS/c1-10-13-5-3-4-6-14(13)18-15(10)11(2)16-12-7-8-17-9-12/h3-6,11-12,16H,7-9H2,1-2H3. The SMILES string of the molecule is Cc1c(C(C)NC2CCOC2)sc2ccccc12. The van der Waals surface area contributed by atoms with E-state index in [0.717, 1.165) is 19.6 Å². The molecule has 3 heteroatoms. The average Bonchev–Trinajstić information content (AvgIpc) is 2.98. The highest BCUT2D eigenvalue weighted by Crippen LogP contribution is 2.34. The maximum atomic E-state index is 5.42. The summed E-state index contributed by atoms with van der Waals surface area (Å²) in [5, 5.41) is 5.08. The predicted molar refractivity (Wildman–Crippen MR) is 77.3 cm³/mol. The number of benzene rings is 1. The molecule has 96 valence electrons. The third-order valence-electron chi connectivity index (χ3n) is 3.69. The lowest BCUT2D eigenvalue weighted by Gasteiger charge is -2.17. The molecule has 0 saturated carbocycles. The van der Waals surface area contributed by atoms with Crippen molar-refractivity contribution in [2.75, 3.05) is 13.2 Å². The normalized spacial score (nSPS) is 21.6. The largest absolute Gasteiger partial charge is 0.380 e. The molecule has 1 saturated heterocycles. The number of hydrogen-bond acceptors (Lipinski definition) is 3. The molecule has 1 aliphatic heterocycles. The van der Waals surface area contributed by atoms with E-state index < -0.39 is 0 Å². The second kappa shape index (κ2) is 5.00. The Morgan fingerprint density at radius 2 is 2.22 bits per heavy atom. The van der Waals surface area contributed by atoms with E-state index >= 15 is 0 Å². The molecule has 2 heterocycles. The predicted octanol–water partition coefficient (Wildman–Crippen LogP) is 3.65. The first-order valence-corrected chi connectivity index (χ1v) is 7.39. The summed E-state index contributed by atoms with van der Waals surface area (Å²) >= 11 is 1.91. The summed E-state index contributed by atoms with van der Waals surface area (Å²) in [6, 6.07) is 9.59. The number of aryl methyl sites for hydroxylation is 1. The van der Waals surface area contributed by atoms with Gasteiger partial charge in [-0.1, -0.05) is 18.2 Å². The van der Waals surface area contributed by atoms with E-state index in [0.29, 0.717) is 12.1 Å². The molecule has 2 nitrogen and oxygen atoms in total. The number of ether oxygens (including phenoxy) is 1. The molecule has 0 radical (unpaired) electrons. The van der Waals surface area contributed by atoms with Gasteiger partial charge in [0.15, 0.2) is 0 Å². The molecule has 2 aromatic rings. The fourth-order valence-electron chi connectivity index (χ4n) is 2.70. The molecule has 0 bridgehead atoms. The summed E-state index contributed by atoms with van der Waals surface area (Å²) in [5.41, 5.74) is 1.43. The Bertz CT molecular complexity index is 542. The van der Waals surface area contributed by atoms with Crippen molar-refractivity contribution in [1.82, 2.24) is 5.32 Å². The summed E-state index contributed by atoms with van der Waals surface area (Å²) < 4.78 is 6.81. The summed E-state index contributed by atoms with van der Waals surface area (Å²) in [4.78, 5) is 1.46. The van der Waals surface area contributed by atoms with E-state index in [1.54, 1.807) is 0 Å². The number of rotatable bonds is 3. The van der Waals surface area contributed by atoms with Gasteiger partial charge in [-0.05, 0) is 37.3 Å². The second-order valence-electron chi connectivity index (χ2n) is 5.04. The van der Waals surface area contributed by atoms with Crippen molar-refractivity contribution in [3.8, 4) is 0 Å². The molecule has 1 N–H and O–H groups in total. The molecule has 2 unspecified atom stereocenters. The van der Waals surface area contributed by atoms with Gasteiger partial charge in [0.1, 0.15) is 0 Å². The van der Waals surface area contributed by atoms with Crippen molar-refractivity contribution >= 4 is 21.4 Å². The van der Waals surface area contributed by atoms with Gasteiger partial charge in [-0.3, -0.25) is 0 Å². The van der Waals surface area contributed by atoms with E-state index in [4.69, 9.17) is 4.74 Å². The summed E-state index contributed by atoms with van der Waals surface area (Å²) in [7, 11) is 0. The first kappa shape index (κ1) is 12.2. The molecular formula is C15H19NOS. The van der Waals surface area contributed by atoms with Crippen LogP contribution in [0.2, 0.25) is 0 Å². The molecule has 2 atom stereocenters. The minimum atomic E-state index is 0.411. The Morgan fingerprint density at radius 1 is 1.39 bits per heavy atom. The molecule has 1 aliphatic rings. The van der Waals surface area contributed by atoms with Gasteiger partial charge in [-0.15, -0.1) is 11.3 Å². The molecule has 1 fully saturated rings. The van der Waals surface area contributed by atoms with Crippen molar-refractivity contribution in [2.45, 2.75) is 32.4 Å². The van der Waals surface area contributed by atoms with Gasteiger partial charge in [-0.25, -0.2) is 0 Å². The molecule has 0 aliphatic carbocycles. The fourth-order valence-corrected chi connectivity index (χ4v) is 3.92. The van der Waals surface area contributed by atoms with Crippen LogP contribution in [-0.2, 0) is 4.74 Å². The summed E-state index contributed by atoms with van der Waals surface area (Å²) in [6.45, 7) is 6.25. The van der Waals surface area contributed by atoms with Crippen LogP contribution in [0.1, 0.15) is 29.8 Å². The Hall–Kier alpha value is -0.900. The zero-order valence-corrected chi connectivity index (χ0v) is 11.7. The zero-order valence-electron chi connectivity index (χ0n) is 10.9. The van der Waals surface area contributed by atoms with Gasteiger partial charge < -0.3 is 10.1 Å². The highest BCUT2D eigenvalue weighted by atomic mass is 32.1. The van der Waals surface area contributed by atoms with E-state index in [1.165, 1.54) is 20.5 Å². The van der Waals surface area contributed by atoms with Gasteiger partial charge in [-0.2, -0.15) is 0 Å². The number of thiophene rings is 1. The Labute approximate surface area is 112 Å². The molecule has 1 aromatic carbocycles. The minimum absolute atomic E-state index is 0.411. The lowest BCUT2D eigenvalue weighted by atomic mass is 10.1. The molecule has 18 heavy (non-hydrogen) atoms. The summed E-state index contributed by atoms with van der Waals surface area (Å²) in [6.07, 6.45) is 1.13. The van der Waals surface area contributed by atoms with Gasteiger partial charge in [0, 0.05) is 28.3 Å². The Morgan fingerprint density at radius 3 is 2.94 bits per heavy atom. The van der Waals surface area contributed by atoms with Crippen LogP contribution in [-0.4, -0.2) is 19.3 Å². The third-order valence-corrected chi connectivity index (χ3v) is 5.14. The van der Waals surface area contributed by atoms with Crippen molar-refractivity contribution in [3.05, 3.63) is 34.7 Å². The van der Waals surface area contributed by atoms with Crippen LogP contribution in [0.5, 0.6) is 0 Å². The third kappa shape index (κ3) is 2.18. The van der Waals surface area contributed by atoms with E-state index in [9.17, 15) is 0 Å². The maximum Gasteiger partial charge on any atom is 0.0620 e. The van der Waals surface area contributed by atoms with Gasteiger partial charge in [0.25, 0.3) is 0 Å². The summed E-state index contributed by atoms with van der Waals surface area (Å²) in [5.74, 6) is 0. The Kier molecular flexibility index (Phi) is 3.37. The van der Waals surface area contributed by atoms with Gasteiger partial charge in [0.05, 0.1) is 6.61 Å². The van der Waals surface area contributed by atoms with Crippen LogP contribution in [0.15, 0.2) is 24.3 Å². The van der Waals surface area contributed by atoms with Crippen molar-refractivity contribution < 1.29 is 4.74 Å². The van der Waals surface area contributed by atoms with Crippen LogP contribution < -0.4 is 5.32 Å². The van der Waals surface area contributed by atoms with Crippen LogP contribution in [0.4, 0.5) is 0 Å². The molecule has 3 rings (SSSR count). The first-order valence-electron chi connectivity index (χ1n) is 6.57. The Balaban J connectivity index is 1.86. The smallest absolute Gasteiger partial charge is 0.0620 e. The molecular weight excluding hydrogens is 242 g/mol. The number of nitrogens with one attached hydrogen (secondary N) is 1. The molecule has 1 aromatic heterocycles. The van der Waals surface area contributed by atoms with Crippen LogP contribution >= 0.6 is 11.3 Å². The number of hydrogen-bond donors (Lipinski definition) is 1. The zero-order chi connectivity index (χ0) is 12.5. The lowest BCUT2D eigenvalue weighted by molar-refractivity contribution is 0.188. The van der Waals surface area contributed by atoms with Crippen molar-refractivity contribution in [3.63, 3.8) is 0 Å². The quantitative estimate of drug-likeness (QED) is 0.910. The van der Waals surface area contributed by atoms with Crippen LogP contribution in [0.3, 0.4) is 0 Å². The van der Waals surface area contributed by atoms with Crippen molar-refractivity contribution in [1.29, 1.82) is 0 Å². The van der Waals surface area contributed by atoms with Gasteiger partial charge >= 0.3 is 0 Å². The monoisotopic (exact) mass is 261 g/mol. The molecule has 0 amide bonds. The molecule has 0 spiro atoms. The topological polar surface area (TPSA) is 21.3 Å².